The number of hydrogen-bond acceptors (Lipinski definition) is 2. The molecule has 0 unspecified atom stereocenters. The average molecular weight is 327 g/mol. The Kier molecular flexibility index (Phi) is 4.37. The van der Waals surface area contributed by atoms with Gasteiger partial charge in [0.25, 0.3) is 6.43 Å². The first-order valence-electron chi connectivity index (χ1n) is 5.72. The van der Waals surface area contributed by atoms with Crippen LogP contribution >= 0.6 is 15.9 Å². The van der Waals surface area contributed by atoms with Crippen LogP contribution in [0.15, 0.2) is 46.9 Å². The second-order valence-electron chi connectivity index (χ2n) is 4.13. The van der Waals surface area contributed by atoms with E-state index >= 15 is 0 Å². The molecule has 2 aromatic carbocycles. The van der Waals surface area contributed by atoms with E-state index < -0.39 is 6.43 Å². The van der Waals surface area contributed by atoms with Gasteiger partial charge in [0.1, 0.15) is 0 Å². The van der Waals surface area contributed by atoms with Gasteiger partial charge >= 0.3 is 0 Å². The van der Waals surface area contributed by atoms with Crippen molar-refractivity contribution in [2.45, 2.75) is 13.0 Å². The topological polar surface area (TPSA) is 38.0 Å². The highest BCUT2D eigenvalue weighted by atomic mass is 79.9. The van der Waals surface area contributed by atoms with Crippen LogP contribution in [-0.2, 0) is 6.54 Å². The lowest BCUT2D eigenvalue weighted by Gasteiger charge is -2.12. The van der Waals surface area contributed by atoms with Gasteiger partial charge in [0.2, 0.25) is 0 Å². The zero-order valence-corrected chi connectivity index (χ0v) is 11.6. The summed E-state index contributed by atoms with van der Waals surface area (Å²) in [5.41, 5.74) is 7.20. The predicted octanol–water partition coefficient (Wildman–Crippen LogP) is 4.58. The molecule has 0 aliphatic rings. The molecule has 100 valence electrons. The normalized spacial score (nSPS) is 10.7. The summed E-state index contributed by atoms with van der Waals surface area (Å²) in [4.78, 5) is 0. The molecule has 0 aliphatic heterocycles. The van der Waals surface area contributed by atoms with Crippen LogP contribution in [0.2, 0.25) is 0 Å². The lowest BCUT2D eigenvalue weighted by Crippen LogP contribution is -2.03. The van der Waals surface area contributed by atoms with E-state index in [1.54, 1.807) is 12.1 Å². The minimum atomic E-state index is -2.55. The number of benzene rings is 2. The fourth-order valence-corrected chi connectivity index (χ4v) is 2.21. The van der Waals surface area contributed by atoms with Gasteiger partial charge in [-0.25, -0.2) is 8.78 Å². The molecule has 2 nitrogen and oxygen atoms in total. The highest BCUT2D eigenvalue weighted by Crippen LogP contribution is 2.29. The van der Waals surface area contributed by atoms with Crippen LogP contribution in [-0.4, -0.2) is 0 Å². The molecule has 0 saturated heterocycles. The third-order valence-electron chi connectivity index (χ3n) is 2.68. The third-order valence-corrected chi connectivity index (χ3v) is 3.18. The van der Waals surface area contributed by atoms with E-state index in [-0.39, 0.29) is 5.56 Å². The molecule has 0 aromatic heterocycles. The average Bonchev–Trinajstić information content (AvgIpc) is 2.37. The second kappa shape index (κ2) is 6.02. The number of halogens is 3. The fourth-order valence-electron chi connectivity index (χ4n) is 1.77. The molecule has 0 radical (unpaired) electrons. The molecule has 2 aromatic rings. The summed E-state index contributed by atoms with van der Waals surface area (Å²) in [5.74, 6) is 0. The molecule has 0 atom stereocenters. The van der Waals surface area contributed by atoms with Crippen LogP contribution in [0.4, 0.5) is 20.2 Å². The number of nitrogens with two attached hydrogens (primary N) is 1. The van der Waals surface area contributed by atoms with Crippen molar-refractivity contribution in [1.29, 1.82) is 0 Å². The van der Waals surface area contributed by atoms with Crippen molar-refractivity contribution in [3.63, 3.8) is 0 Å². The van der Waals surface area contributed by atoms with Gasteiger partial charge in [0, 0.05) is 28.0 Å². The van der Waals surface area contributed by atoms with Crippen molar-refractivity contribution in [2.75, 3.05) is 11.1 Å². The quantitative estimate of drug-likeness (QED) is 0.807. The van der Waals surface area contributed by atoms with Crippen LogP contribution in [0.25, 0.3) is 0 Å². The smallest absolute Gasteiger partial charge is 0.265 e. The van der Waals surface area contributed by atoms with E-state index in [9.17, 15) is 8.78 Å². The van der Waals surface area contributed by atoms with Crippen LogP contribution in [0.3, 0.4) is 0 Å². The van der Waals surface area contributed by atoms with Gasteiger partial charge in [-0.1, -0.05) is 28.1 Å². The molecule has 0 fully saturated rings. The number of nitrogen functional groups attached to an aromatic ring is 1. The Morgan fingerprint density at radius 3 is 2.63 bits per heavy atom. The minimum absolute atomic E-state index is 0.0741. The first-order valence-corrected chi connectivity index (χ1v) is 6.51. The molecule has 5 heteroatoms. The summed E-state index contributed by atoms with van der Waals surface area (Å²) in [6.07, 6.45) is -2.55. The zero-order valence-electron chi connectivity index (χ0n) is 10.0. The Labute approximate surface area is 118 Å². The van der Waals surface area contributed by atoms with Crippen molar-refractivity contribution >= 4 is 27.3 Å². The van der Waals surface area contributed by atoms with Crippen LogP contribution in [0, 0.1) is 0 Å². The van der Waals surface area contributed by atoms with E-state index in [0.717, 1.165) is 10.0 Å². The van der Waals surface area contributed by atoms with Gasteiger partial charge in [-0.05, 0) is 35.9 Å². The number of nitrogens with one attached hydrogen (secondary N) is 1. The molecule has 0 spiro atoms. The molecular weight excluding hydrogens is 314 g/mol. The van der Waals surface area contributed by atoms with Crippen LogP contribution in [0.5, 0.6) is 0 Å². The number of hydrogen-bond donors (Lipinski definition) is 2. The maximum Gasteiger partial charge on any atom is 0.265 e. The minimum Gasteiger partial charge on any atom is -0.399 e. The highest BCUT2D eigenvalue weighted by Gasteiger charge is 2.13. The summed E-state index contributed by atoms with van der Waals surface area (Å²) >= 11 is 3.37. The Balaban J connectivity index is 2.15. The zero-order chi connectivity index (χ0) is 13.8. The van der Waals surface area contributed by atoms with Gasteiger partial charge in [0.15, 0.2) is 0 Å². The third kappa shape index (κ3) is 3.67. The monoisotopic (exact) mass is 326 g/mol. The summed E-state index contributed by atoms with van der Waals surface area (Å²) in [6, 6.07) is 12.2. The Bertz CT molecular complexity index is 573. The fraction of sp³-hybridized carbons (Fsp3) is 0.143. The number of alkyl halides is 2. The molecule has 0 amide bonds. The van der Waals surface area contributed by atoms with E-state index in [2.05, 4.69) is 21.2 Å². The first kappa shape index (κ1) is 13.8. The lowest BCUT2D eigenvalue weighted by atomic mass is 10.1. The largest absolute Gasteiger partial charge is 0.399 e. The molecule has 19 heavy (non-hydrogen) atoms. The van der Waals surface area contributed by atoms with Crippen molar-refractivity contribution < 1.29 is 8.78 Å². The predicted molar refractivity (Wildman–Crippen MR) is 77.3 cm³/mol. The van der Waals surface area contributed by atoms with Crippen molar-refractivity contribution in [3.8, 4) is 0 Å². The molecule has 3 N–H and O–H groups in total. The second-order valence-corrected chi connectivity index (χ2v) is 5.05. The van der Waals surface area contributed by atoms with E-state index in [1.165, 1.54) is 6.07 Å². The molecule has 0 bridgehead atoms. The standard InChI is InChI=1S/C14H13BrF2N2/c15-10-3-1-2-9(6-10)8-19-13-5-4-11(18)7-12(13)14(16)17/h1-7,14,19H,8,18H2. The lowest BCUT2D eigenvalue weighted by molar-refractivity contribution is 0.152. The van der Waals surface area contributed by atoms with Crippen molar-refractivity contribution in [1.82, 2.24) is 0 Å². The molecule has 0 heterocycles. The Morgan fingerprint density at radius 1 is 1.16 bits per heavy atom. The van der Waals surface area contributed by atoms with Crippen LogP contribution in [0.1, 0.15) is 17.6 Å². The maximum atomic E-state index is 12.9. The maximum absolute atomic E-state index is 12.9. The van der Waals surface area contributed by atoms with E-state index in [4.69, 9.17) is 5.73 Å². The molecule has 0 saturated carbocycles. The van der Waals surface area contributed by atoms with E-state index in [0.29, 0.717) is 17.9 Å². The Hall–Kier alpha value is -1.62. The Morgan fingerprint density at radius 2 is 1.95 bits per heavy atom. The number of rotatable bonds is 4. The van der Waals surface area contributed by atoms with Crippen molar-refractivity contribution in [2.24, 2.45) is 0 Å². The number of anilines is 2. The first-order chi connectivity index (χ1) is 9.06. The molecule has 0 aliphatic carbocycles. The summed E-state index contributed by atoms with van der Waals surface area (Å²) in [7, 11) is 0. The van der Waals surface area contributed by atoms with Gasteiger partial charge in [-0.3, -0.25) is 0 Å². The SMILES string of the molecule is Nc1ccc(NCc2cccc(Br)c2)c(C(F)F)c1. The molecule has 2 rings (SSSR count). The van der Waals surface area contributed by atoms with Gasteiger partial charge in [-0.15, -0.1) is 0 Å². The van der Waals surface area contributed by atoms with Gasteiger partial charge in [0.05, 0.1) is 0 Å². The van der Waals surface area contributed by atoms with E-state index in [1.807, 2.05) is 24.3 Å². The summed E-state index contributed by atoms with van der Waals surface area (Å²) in [6.45, 7) is 0.475. The summed E-state index contributed by atoms with van der Waals surface area (Å²) in [5, 5.41) is 3.01. The van der Waals surface area contributed by atoms with Crippen LogP contribution < -0.4 is 11.1 Å². The summed E-state index contributed by atoms with van der Waals surface area (Å²) < 4.78 is 26.7. The van der Waals surface area contributed by atoms with Gasteiger partial charge < -0.3 is 11.1 Å². The van der Waals surface area contributed by atoms with Gasteiger partial charge in [-0.2, -0.15) is 0 Å². The highest BCUT2D eigenvalue weighted by molar-refractivity contribution is 9.10. The van der Waals surface area contributed by atoms with Crippen molar-refractivity contribution in [3.05, 3.63) is 58.1 Å². The molecular formula is C14H13BrF2N2.